The van der Waals surface area contributed by atoms with Gasteiger partial charge in [-0.1, -0.05) is 154 Å². The lowest BCUT2D eigenvalue weighted by atomic mass is 10.1. The van der Waals surface area contributed by atoms with E-state index in [0.717, 1.165) is 77.0 Å². The SMILES string of the molecule is O=C(CCCCCCCCCCCCC(=O)OCCCCCCCCCCCCO)OCCCCCCCCCCCCO. The summed E-state index contributed by atoms with van der Waals surface area (Å²) in [6.45, 7) is 1.81. The van der Waals surface area contributed by atoms with E-state index in [1.54, 1.807) is 0 Å². The number of esters is 2. The van der Waals surface area contributed by atoms with Crippen LogP contribution in [0.4, 0.5) is 0 Å². The number of ether oxygens (including phenoxy) is 2. The Morgan fingerprint density at radius 2 is 0.500 bits per heavy atom. The van der Waals surface area contributed by atoms with Crippen molar-refractivity contribution in [1.82, 2.24) is 0 Å². The first-order valence-electron chi connectivity index (χ1n) is 19.2. The Balaban J connectivity index is 3.22. The second kappa shape index (κ2) is 38.0. The zero-order valence-electron chi connectivity index (χ0n) is 29.0. The lowest BCUT2D eigenvalue weighted by Crippen LogP contribution is -2.05. The molecule has 0 unspecified atom stereocenters. The summed E-state index contributed by atoms with van der Waals surface area (Å²) < 4.78 is 10.8. The standard InChI is InChI=1S/C38H74O6/c39-33-27-21-15-9-3-5-11-17-23-29-35-43-37(41)31-25-19-13-7-1-2-8-14-20-26-32-38(42)44-36-30-24-18-12-6-4-10-16-22-28-34-40/h39-40H,1-36H2. The molecule has 0 spiro atoms. The first-order valence-corrected chi connectivity index (χ1v) is 19.2. The van der Waals surface area contributed by atoms with E-state index in [1.807, 2.05) is 0 Å². The van der Waals surface area contributed by atoms with Gasteiger partial charge in [0, 0.05) is 26.1 Å². The summed E-state index contributed by atoms with van der Waals surface area (Å²) >= 11 is 0. The Bertz CT molecular complexity index is 532. The summed E-state index contributed by atoms with van der Waals surface area (Å²) in [6.07, 6.45) is 36.4. The van der Waals surface area contributed by atoms with E-state index in [9.17, 15) is 9.59 Å². The second-order valence-corrected chi connectivity index (χ2v) is 13.0. The average molecular weight is 627 g/mol. The summed E-state index contributed by atoms with van der Waals surface area (Å²) in [4.78, 5) is 23.8. The van der Waals surface area contributed by atoms with Crippen LogP contribution in [0.1, 0.15) is 205 Å². The van der Waals surface area contributed by atoms with E-state index < -0.39 is 0 Å². The van der Waals surface area contributed by atoms with Gasteiger partial charge >= 0.3 is 11.9 Å². The number of aliphatic hydroxyl groups is 2. The Morgan fingerprint density at radius 1 is 0.295 bits per heavy atom. The molecular weight excluding hydrogens is 552 g/mol. The van der Waals surface area contributed by atoms with E-state index in [2.05, 4.69) is 0 Å². The van der Waals surface area contributed by atoms with Gasteiger partial charge in [0.25, 0.3) is 0 Å². The van der Waals surface area contributed by atoms with E-state index in [0.29, 0.717) is 39.3 Å². The van der Waals surface area contributed by atoms with Crippen LogP contribution in [0.25, 0.3) is 0 Å². The predicted octanol–water partition coefficient (Wildman–Crippen LogP) is 10.5. The van der Waals surface area contributed by atoms with Crippen LogP contribution in [-0.2, 0) is 19.1 Å². The largest absolute Gasteiger partial charge is 0.466 e. The van der Waals surface area contributed by atoms with Crippen molar-refractivity contribution in [3.63, 3.8) is 0 Å². The molecule has 2 N–H and O–H groups in total. The van der Waals surface area contributed by atoms with Gasteiger partial charge in [0.15, 0.2) is 0 Å². The van der Waals surface area contributed by atoms with Crippen LogP contribution in [0.2, 0.25) is 0 Å². The first-order chi connectivity index (χ1) is 21.7. The molecule has 0 rings (SSSR count). The molecule has 6 nitrogen and oxygen atoms in total. The van der Waals surface area contributed by atoms with Gasteiger partial charge in [-0.3, -0.25) is 9.59 Å². The predicted molar refractivity (Wildman–Crippen MR) is 184 cm³/mol. The maximum atomic E-state index is 11.9. The van der Waals surface area contributed by atoms with Gasteiger partial charge in [-0.25, -0.2) is 0 Å². The molecule has 0 aliphatic carbocycles. The molecule has 0 amide bonds. The van der Waals surface area contributed by atoms with Crippen molar-refractivity contribution in [2.45, 2.75) is 205 Å². The van der Waals surface area contributed by atoms with Crippen molar-refractivity contribution in [3.8, 4) is 0 Å². The van der Waals surface area contributed by atoms with Crippen molar-refractivity contribution in [3.05, 3.63) is 0 Å². The summed E-state index contributed by atoms with van der Waals surface area (Å²) in [5.41, 5.74) is 0. The number of carbonyl (C=O) groups is 2. The molecule has 0 radical (unpaired) electrons. The number of hydrogen-bond donors (Lipinski definition) is 2. The Hall–Kier alpha value is -1.14. The molecule has 0 aromatic rings. The molecule has 44 heavy (non-hydrogen) atoms. The summed E-state index contributed by atoms with van der Waals surface area (Å²) in [5, 5.41) is 17.6. The highest BCUT2D eigenvalue weighted by atomic mass is 16.5. The molecule has 6 heteroatoms. The van der Waals surface area contributed by atoms with Crippen LogP contribution in [-0.4, -0.2) is 48.6 Å². The van der Waals surface area contributed by atoms with Crippen LogP contribution in [0, 0.1) is 0 Å². The quantitative estimate of drug-likeness (QED) is 0.0526. The van der Waals surface area contributed by atoms with Crippen molar-refractivity contribution >= 4 is 11.9 Å². The maximum absolute atomic E-state index is 11.9. The maximum Gasteiger partial charge on any atom is 0.305 e. The normalized spacial score (nSPS) is 11.2. The van der Waals surface area contributed by atoms with Crippen LogP contribution in [0.5, 0.6) is 0 Å². The third-order valence-corrected chi connectivity index (χ3v) is 8.64. The lowest BCUT2D eigenvalue weighted by Gasteiger charge is -2.06. The molecule has 262 valence electrons. The van der Waals surface area contributed by atoms with Gasteiger partial charge in [0.1, 0.15) is 0 Å². The van der Waals surface area contributed by atoms with E-state index >= 15 is 0 Å². The Kier molecular flexibility index (Phi) is 37.1. The van der Waals surface area contributed by atoms with Gasteiger partial charge in [-0.15, -0.1) is 0 Å². The van der Waals surface area contributed by atoms with Crippen molar-refractivity contribution in [2.75, 3.05) is 26.4 Å². The molecule has 0 aromatic carbocycles. The third kappa shape index (κ3) is 37.0. The molecule has 0 fully saturated rings. The average Bonchev–Trinajstić information content (AvgIpc) is 3.02. The number of carbonyl (C=O) groups excluding carboxylic acids is 2. The van der Waals surface area contributed by atoms with Crippen molar-refractivity contribution in [1.29, 1.82) is 0 Å². The van der Waals surface area contributed by atoms with Crippen LogP contribution >= 0.6 is 0 Å². The van der Waals surface area contributed by atoms with E-state index in [1.165, 1.54) is 116 Å². The minimum absolute atomic E-state index is 0.0275. The number of hydrogen-bond acceptors (Lipinski definition) is 6. The second-order valence-electron chi connectivity index (χ2n) is 13.0. The highest BCUT2D eigenvalue weighted by Crippen LogP contribution is 2.14. The third-order valence-electron chi connectivity index (χ3n) is 8.64. The summed E-state index contributed by atoms with van der Waals surface area (Å²) in [6, 6.07) is 0. The van der Waals surface area contributed by atoms with Gasteiger partial charge in [0.05, 0.1) is 13.2 Å². The molecule has 0 aromatic heterocycles. The number of unbranched alkanes of at least 4 members (excludes halogenated alkanes) is 27. The molecule has 0 bridgehead atoms. The Labute approximate surface area is 272 Å². The van der Waals surface area contributed by atoms with Crippen LogP contribution < -0.4 is 0 Å². The Morgan fingerprint density at radius 3 is 0.750 bits per heavy atom. The topological polar surface area (TPSA) is 93.1 Å². The fourth-order valence-electron chi connectivity index (χ4n) is 5.73. The monoisotopic (exact) mass is 627 g/mol. The van der Waals surface area contributed by atoms with E-state index in [-0.39, 0.29) is 11.9 Å². The fraction of sp³-hybridized carbons (Fsp3) is 0.947. The van der Waals surface area contributed by atoms with Gasteiger partial charge < -0.3 is 19.7 Å². The molecule has 0 aliphatic heterocycles. The summed E-state index contributed by atoms with van der Waals surface area (Å²) in [7, 11) is 0. The fourth-order valence-corrected chi connectivity index (χ4v) is 5.73. The highest BCUT2D eigenvalue weighted by Gasteiger charge is 2.04. The van der Waals surface area contributed by atoms with Gasteiger partial charge in [0.2, 0.25) is 0 Å². The lowest BCUT2D eigenvalue weighted by molar-refractivity contribution is -0.144. The van der Waals surface area contributed by atoms with Crippen molar-refractivity contribution in [2.24, 2.45) is 0 Å². The summed E-state index contributed by atoms with van der Waals surface area (Å²) in [5.74, 6) is -0.0549. The van der Waals surface area contributed by atoms with Crippen LogP contribution in [0.3, 0.4) is 0 Å². The minimum atomic E-state index is -0.0275. The molecule has 0 saturated heterocycles. The minimum Gasteiger partial charge on any atom is -0.466 e. The van der Waals surface area contributed by atoms with Gasteiger partial charge in [-0.2, -0.15) is 0 Å². The van der Waals surface area contributed by atoms with Crippen molar-refractivity contribution < 1.29 is 29.3 Å². The van der Waals surface area contributed by atoms with E-state index in [4.69, 9.17) is 19.7 Å². The molecular formula is C38H74O6. The smallest absolute Gasteiger partial charge is 0.305 e. The number of aliphatic hydroxyl groups excluding tert-OH is 2. The number of rotatable bonds is 37. The van der Waals surface area contributed by atoms with Crippen LogP contribution in [0.15, 0.2) is 0 Å². The molecule has 0 heterocycles. The van der Waals surface area contributed by atoms with Gasteiger partial charge in [-0.05, 0) is 38.5 Å². The molecule has 0 aliphatic rings. The first kappa shape index (κ1) is 42.9. The zero-order valence-corrected chi connectivity index (χ0v) is 29.0. The molecule has 0 saturated carbocycles. The highest BCUT2D eigenvalue weighted by molar-refractivity contribution is 5.69. The zero-order chi connectivity index (χ0) is 32.0. The molecule has 0 atom stereocenters.